The SMILES string of the molecule is CC1(C)CCSc2cc[c]cc21. The van der Waals surface area contributed by atoms with E-state index in [0.29, 0.717) is 5.41 Å². The molecule has 12 heavy (non-hydrogen) atoms. The van der Waals surface area contributed by atoms with E-state index in [2.05, 4.69) is 32.0 Å². The van der Waals surface area contributed by atoms with Gasteiger partial charge in [0.05, 0.1) is 0 Å². The number of rotatable bonds is 0. The van der Waals surface area contributed by atoms with Crippen LogP contribution in [0, 0.1) is 6.07 Å². The van der Waals surface area contributed by atoms with Crippen LogP contribution in [0.15, 0.2) is 23.1 Å². The van der Waals surface area contributed by atoms with Gasteiger partial charge in [-0.15, -0.1) is 11.8 Å². The van der Waals surface area contributed by atoms with Gasteiger partial charge >= 0.3 is 0 Å². The van der Waals surface area contributed by atoms with Crippen molar-refractivity contribution in [2.24, 2.45) is 0 Å². The molecule has 63 valence electrons. The maximum absolute atomic E-state index is 3.16. The van der Waals surface area contributed by atoms with Gasteiger partial charge in [-0.3, -0.25) is 0 Å². The summed E-state index contributed by atoms with van der Waals surface area (Å²) in [5.41, 5.74) is 1.83. The molecular formula is C11H13S. The van der Waals surface area contributed by atoms with E-state index in [1.54, 1.807) is 0 Å². The van der Waals surface area contributed by atoms with Crippen LogP contribution in [0.25, 0.3) is 0 Å². The molecule has 1 aliphatic rings. The second kappa shape index (κ2) is 2.81. The monoisotopic (exact) mass is 177 g/mol. The van der Waals surface area contributed by atoms with Gasteiger partial charge < -0.3 is 0 Å². The number of benzene rings is 1. The third kappa shape index (κ3) is 1.27. The molecule has 0 unspecified atom stereocenters. The van der Waals surface area contributed by atoms with Gasteiger partial charge in [-0.2, -0.15) is 0 Å². The number of hydrogen-bond donors (Lipinski definition) is 0. The average molecular weight is 177 g/mol. The molecule has 0 atom stereocenters. The molecule has 1 heteroatoms. The van der Waals surface area contributed by atoms with Gasteiger partial charge in [-0.05, 0) is 41.4 Å². The van der Waals surface area contributed by atoms with E-state index in [1.807, 2.05) is 17.8 Å². The van der Waals surface area contributed by atoms with Gasteiger partial charge in [0.25, 0.3) is 0 Å². The Hall–Kier alpha value is -0.430. The molecule has 0 bridgehead atoms. The normalized spacial score (nSPS) is 20.2. The second-order valence-corrected chi connectivity index (χ2v) is 5.04. The summed E-state index contributed by atoms with van der Waals surface area (Å²) in [7, 11) is 0. The van der Waals surface area contributed by atoms with Crippen molar-refractivity contribution in [3.63, 3.8) is 0 Å². The first-order valence-electron chi connectivity index (χ1n) is 4.33. The summed E-state index contributed by atoms with van der Waals surface area (Å²) in [6.45, 7) is 4.64. The highest BCUT2D eigenvalue weighted by Gasteiger charge is 2.26. The smallest absolute Gasteiger partial charge is 0.0110 e. The predicted octanol–water partition coefficient (Wildman–Crippen LogP) is 3.26. The van der Waals surface area contributed by atoms with Gasteiger partial charge in [0.1, 0.15) is 0 Å². The van der Waals surface area contributed by atoms with E-state index >= 15 is 0 Å². The van der Waals surface area contributed by atoms with Crippen molar-refractivity contribution in [2.75, 3.05) is 5.75 Å². The predicted molar refractivity (Wildman–Crippen MR) is 53.6 cm³/mol. The lowest BCUT2D eigenvalue weighted by Gasteiger charge is -2.31. The minimum atomic E-state index is 0.359. The summed E-state index contributed by atoms with van der Waals surface area (Å²) >= 11 is 1.97. The maximum Gasteiger partial charge on any atom is 0.0110 e. The van der Waals surface area contributed by atoms with Gasteiger partial charge in [0, 0.05) is 4.90 Å². The Morgan fingerprint density at radius 2 is 2.33 bits per heavy atom. The van der Waals surface area contributed by atoms with Crippen LogP contribution in [0.5, 0.6) is 0 Å². The van der Waals surface area contributed by atoms with Crippen molar-refractivity contribution in [3.8, 4) is 0 Å². The van der Waals surface area contributed by atoms with E-state index < -0.39 is 0 Å². The van der Waals surface area contributed by atoms with Crippen LogP contribution in [0.3, 0.4) is 0 Å². The molecular weight excluding hydrogens is 164 g/mol. The summed E-state index contributed by atoms with van der Waals surface area (Å²) in [6, 6.07) is 9.49. The third-order valence-electron chi connectivity index (χ3n) is 2.54. The molecule has 1 heterocycles. The zero-order valence-electron chi connectivity index (χ0n) is 7.55. The van der Waals surface area contributed by atoms with Crippen molar-refractivity contribution < 1.29 is 0 Å². The summed E-state index contributed by atoms with van der Waals surface area (Å²) in [4.78, 5) is 1.45. The lowest BCUT2D eigenvalue weighted by atomic mass is 9.82. The standard InChI is InChI=1S/C11H13S/c1-11(2)7-8-12-10-6-4-3-5-9(10)11/h4-6H,7-8H2,1-2H3. The van der Waals surface area contributed by atoms with Gasteiger partial charge in [-0.1, -0.05) is 19.9 Å². The van der Waals surface area contributed by atoms with E-state index in [0.717, 1.165) is 0 Å². The fourth-order valence-electron chi connectivity index (χ4n) is 1.62. The summed E-state index contributed by atoms with van der Waals surface area (Å²) in [5.74, 6) is 1.25. The molecule has 1 aromatic carbocycles. The molecule has 0 saturated heterocycles. The second-order valence-electron chi connectivity index (χ2n) is 3.90. The fraction of sp³-hybridized carbons (Fsp3) is 0.455. The van der Waals surface area contributed by atoms with E-state index in [1.165, 1.54) is 22.6 Å². The molecule has 0 nitrogen and oxygen atoms in total. The van der Waals surface area contributed by atoms with Crippen LogP contribution in [-0.2, 0) is 5.41 Å². The highest BCUT2D eigenvalue weighted by molar-refractivity contribution is 7.99. The van der Waals surface area contributed by atoms with E-state index in [-0.39, 0.29) is 0 Å². The van der Waals surface area contributed by atoms with Crippen LogP contribution in [-0.4, -0.2) is 5.75 Å². The topological polar surface area (TPSA) is 0 Å². The van der Waals surface area contributed by atoms with E-state index in [4.69, 9.17) is 0 Å². The first kappa shape index (κ1) is 8.18. The van der Waals surface area contributed by atoms with Crippen LogP contribution in [0.4, 0.5) is 0 Å². The van der Waals surface area contributed by atoms with E-state index in [9.17, 15) is 0 Å². The molecule has 0 N–H and O–H groups in total. The Morgan fingerprint density at radius 1 is 1.50 bits per heavy atom. The zero-order chi connectivity index (χ0) is 8.60. The third-order valence-corrected chi connectivity index (χ3v) is 3.61. The number of fused-ring (bicyclic) bond motifs is 1. The molecule has 0 amide bonds. The Balaban J connectivity index is 2.52. The molecule has 1 aromatic rings. The summed E-state index contributed by atoms with van der Waals surface area (Å²) < 4.78 is 0. The fourth-order valence-corrected chi connectivity index (χ4v) is 3.11. The van der Waals surface area contributed by atoms with Gasteiger partial charge in [0.15, 0.2) is 0 Å². The Labute approximate surface area is 78.4 Å². The average Bonchev–Trinajstić information content (AvgIpc) is 2.04. The lowest BCUT2D eigenvalue weighted by molar-refractivity contribution is 0.494. The molecule has 0 aliphatic carbocycles. The van der Waals surface area contributed by atoms with Crippen molar-refractivity contribution in [3.05, 3.63) is 29.8 Å². The molecule has 0 aromatic heterocycles. The van der Waals surface area contributed by atoms with Crippen molar-refractivity contribution in [1.29, 1.82) is 0 Å². The maximum atomic E-state index is 3.16. The van der Waals surface area contributed by atoms with Crippen LogP contribution < -0.4 is 0 Å². The minimum absolute atomic E-state index is 0.359. The highest BCUT2D eigenvalue weighted by Crippen LogP contribution is 2.40. The molecule has 1 aliphatic heterocycles. The quantitative estimate of drug-likeness (QED) is 0.586. The van der Waals surface area contributed by atoms with Gasteiger partial charge in [-0.25, -0.2) is 0 Å². The van der Waals surface area contributed by atoms with Crippen molar-refractivity contribution in [2.45, 2.75) is 30.6 Å². The van der Waals surface area contributed by atoms with Crippen LogP contribution in [0.1, 0.15) is 25.8 Å². The molecule has 2 rings (SSSR count). The largest absolute Gasteiger partial charge is 0.126 e. The zero-order valence-corrected chi connectivity index (χ0v) is 8.37. The lowest BCUT2D eigenvalue weighted by Crippen LogP contribution is -2.22. The van der Waals surface area contributed by atoms with Crippen LogP contribution >= 0.6 is 11.8 Å². The Morgan fingerprint density at radius 3 is 3.08 bits per heavy atom. The minimum Gasteiger partial charge on any atom is -0.126 e. The molecule has 0 saturated carbocycles. The number of thioether (sulfide) groups is 1. The van der Waals surface area contributed by atoms with Crippen LogP contribution in [0.2, 0.25) is 0 Å². The van der Waals surface area contributed by atoms with Crippen molar-refractivity contribution >= 4 is 11.8 Å². The first-order valence-corrected chi connectivity index (χ1v) is 5.32. The Kier molecular flexibility index (Phi) is 1.91. The van der Waals surface area contributed by atoms with Gasteiger partial charge in [0.2, 0.25) is 0 Å². The summed E-state index contributed by atoms with van der Waals surface area (Å²) in [6.07, 6.45) is 1.28. The Bertz CT molecular complexity index is 289. The molecule has 0 spiro atoms. The highest BCUT2D eigenvalue weighted by atomic mass is 32.2. The first-order chi connectivity index (χ1) is 5.70. The summed E-state index contributed by atoms with van der Waals surface area (Å²) in [5, 5.41) is 0. The van der Waals surface area contributed by atoms with Crippen molar-refractivity contribution in [1.82, 2.24) is 0 Å². The molecule has 0 fully saturated rings. The number of hydrogen-bond acceptors (Lipinski definition) is 1. The molecule has 1 radical (unpaired) electrons.